The Morgan fingerprint density at radius 2 is 1.56 bits per heavy atom. The fraction of sp³-hybridized carbons (Fsp3) is 0.192. The zero-order valence-electron chi connectivity index (χ0n) is 17.9. The summed E-state index contributed by atoms with van der Waals surface area (Å²) in [4.78, 5) is 36.1. The van der Waals surface area contributed by atoms with Gasteiger partial charge in [-0.05, 0) is 42.2 Å². The van der Waals surface area contributed by atoms with Gasteiger partial charge in [-0.15, -0.1) is 0 Å². The van der Waals surface area contributed by atoms with Crippen molar-refractivity contribution < 1.29 is 19.5 Å². The number of nitrogens with one attached hydrogen (secondary N) is 2. The highest BCUT2D eigenvalue weighted by Gasteiger charge is 2.19. The molecule has 1 atom stereocenters. The van der Waals surface area contributed by atoms with Crippen molar-refractivity contribution in [1.82, 2.24) is 10.6 Å². The third kappa shape index (κ3) is 6.62. The van der Waals surface area contributed by atoms with Gasteiger partial charge in [-0.2, -0.15) is 0 Å². The standard InChI is InChI=1S/C26H26N2O4/c1-18-6-5-7-19(16-18)17-27-23(26(31)32)14-15-24(29)28-25(30)22-12-10-21(11-13-22)20-8-3-2-4-9-20/h2-13,16,23,27H,14-15,17H2,1H3,(H,31,32)(H,28,29,30)/t23-/m0/s1. The number of carbonyl (C=O) groups excluding carboxylic acids is 2. The zero-order chi connectivity index (χ0) is 22.9. The van der Waals surface area contributed by atoms with Gasteiger partial charge in [0.25, 0.3) is 5.91 Å². The molecule has 0 aliphatic carbocycles. The van der Waals surface area contributed by atoms with Crippen LogP contribution in [0.4, 0.5) is 0 Å². The summed E-state index contributed by atoms with van der Waals surface area (Å²) in [6, 6.07) is 23.6. The lowest BCUT2D eigenvalue weighted by Gasteiger charge is -2.14. The van der Waals surface area contributed by atoms with Crippen molar-refractivity contribution in [3.05, 3.63) is 95.6 Å². The Labute approximate surface area is 187 Å². The monoisotopic (exact) mass is 430 g/mol. The molecule has 3 rings (SSSR count). The first-order valence-electron chi connectivity index (χ1n) is 10.4. The second-order valence-electron chi connectivity index (χ2n) is 7.62. The molecular formula is C26H26N2O4. The van der Waals surface area contributed by atoms with E-state index in [9.17, 15) is 19.5 Å². The maximum absolute atomic E-state index is 12.4. The summed E-state index contributed by atoms with van der Waals surface area (Å²) >= 11 is 0. The van der Waals surface area contributed by atoms with Crippen molar-refractivity contribution in [3.8, 4) is 11.1 Å². The number of imide groups is 1. The van der Waals surface area contributed by atoms with E-state index in [0.717, 1.165) is 22.3 Å². The van der Waals surface area contributed by atoms with Crippen LogP contribution in [-0.2, 0) is 16.1 Å². The number of rotatable bonds is 9. The van der Waals surface area contributed by atoms with Crippen LogP contribution in [0.1, 0.15) is 34.3 Å². The van der Waals surface area contributed by atoms with Crippen molar-refractivity contribution >= 4 is 17.8 Å². The molecule has 3 N–H and O–H groups in total. The van der Waals surface area contributed by atoms with Gasteiger partial charge in [-0.3, -0.25) is 19.7 Å². The lowest BCUT2D eigenvalue weighted by molar-refractivity contribution is -0.139. The minimum absolute atomic E-state index is 0.0766. The molecule has 32 heavy (non-hydrogen) atoms. The van der Waals surface area contributed by atoms with Gasteiger partial charge in [-0.1, -0.05) is 72.3 Å². The molecule has 0 saturated carbocycles. The summed E-state index contributed by atoms with van der Waals surface area (Å²) in [5.41, 5.74) is 4.43. The molecule has 0 spiro atoms. The Morgan fingerprint density at radius 1 is 0.875 bits per heavy atom. The van der Waals surface area contributed by atoms with E-state index in [2.05, 4.69) is 10.6 Å². The topological polar surface area (TPSA) is 95.5 Å². The van der Waals surface area contributed by atoms with Crippen molar-refractivity contribution in [2.45, 2.75) is 32.4 Å². The van der Waals surface area contributed by atoms with Crippen molar-refractivity contribution in [1.29, 1.82) is 0 Å². The van der Waals surface area contributed by atoms with Crippen LogP contribution in [0.3, 0.4) is 0 Å². The largest absolute Gasteiger partial charge is 0.480 e. The SMILES string of the molecule is Cc1cccc(CN[C@@H](CCC(=O)NC(=O)c2ccc(-c3ccccc3)cc2)C(=O)O)c1. The quantitative estimate of drug-likeness (QED) is 0.478. The number of hydrogen-bond donors (Lipinski definition) is 3. The average molecular weight is 431 g/mol. The van der Waals surface area contributed by atoms with Gasteiger partial charge in [0.05, 0.1) is 0 Å². The van der Waals surface area contributed by atoms with E-state index < -0.39 is 23.8 Å². The fourth-order valence-corrected chi connectivity index (χ4v) is 3.36. The molecule has 0 bridgehead atoms. The maximum atomic E-state index is 12.4. The van der Waals surface area contributed by atoms with Gasteiger partial charge in [0.2, 0.25) is 5.91 Å². The first kappa shape index (κ1) is 22.9. The van der Waals surface area contributed by atoms with E-state index in [4.69, 9.17) is 0 Å². The first-order chi connectivity index (χ1) is 15.4. The smallest absolute Gasteiger partial charge is 0.320 e. The predicted octanol–water partition coefficient (Wildman–Crippen LogP) is 3.94. The van der Waals surface area contributed by atoms with E-state index in [-0.39, 0.29) is 12.8 Å². The van der Waals surface area contributed by atoms with Gasteiger partial charge >= 0.3 is 5.97 Å². The summed E-state index contributed by atoms with van der Waals surface area (Å²) in [6.07, 6.45) is -0.00116. The Morgan fingerprint density at radius 3 is 2.22 bits per heavy atom. The highest BCUT2D eigenvalue weighted by atomic mass is 16.4. The molecule has 0 aromatic heterocycles. The third-order valence-electron chi connectivity index (χ3n) is 5.10. The molecule has 6 nitrogen and oxygen atoms in total. The van der Waals surface area contributed by atoms with Crippen molar-refractivity contribution in [2.24, 2.45) is 0 Å². The average Bonchev–Trinajstić information content (AvgIpc) is 2.79. The van der Waals surface area contributed by atoms with E-state index in [0.29, 0.717) is 12.1 Å². The van der Waals surface area contributed by atoms with E-state index in [1.165, 1.54) is 0 Å². The molecule has 0 aliphatic rings. The van der Waals surface area contributed by atoms with Crippen molar-refractivity contribution in [2.75, 3.05) is 0 Å². The van der Waals surface area contributed by atoms with E-state index >= 15 is 0 Å². The molecule has 3 aromatic rings. The number of amides is 2. The molecule has 0 heterocycles. The van der Waals surface area contributed by atoms with Crippen LogP contribution in [0.25, 0.3) is 11.1 Å². The number of benzene rings is 3. The molecular weight excluding hydrogens is 404 g/mol. The van der Waals surface area contributed by atoms with Crippen LogP contribution in [0.15, 0.2) is 78.9 Å². The molecule has 164 valence electrons. The van der Waals surface area contributed by atoms with Gasteiger partial charge in [-0.25, -0.2) is 0 Å². The molecule has 0 fully saturated rings. The van der Waals surface area contributed by atoms with Gasteiger partial charge in [0, 0.05) is 18.5 Å². The van der Waals surface area contributed by atoms with Crippen LogP contribution in [0, 0.1) is 6.92 Å². The van der Waals surface area contributed by atoms with E-state index in [1.807, 2.05) is 73.7 Å². The van der Waals surface area contributed by atoms with Crippen molar-refractivity contribution in [3.63, 3.8) is 0 Å². The Bertz CT molecular complexity index is 1080. The molecule has 0 radical (unpaired) electrons. The number of carboxylic acids is 1. The van der Waals surface area contributed by atoms with Gasteiger partial charge in [0.15, 0.2) is 0 Å². The normalized spacial score (nSPS) is 11.5. The maximum Gasteiger partial charge on any atom is 0.320 e. The van der Waals surface area contributed by atoms with Crippen LogP contribution in [0.5, 0.6) is 0 Å². The Hall–Kier alpha value is -3.77. The fourth-order valence-electron chi connectivity index (χ4n) is 3.36. The predicted molar refractivity (Wildman–Crippen MR) is 123 cm³/mol. The second kappa shape index (κ2) is 11.0. The Balaban J connectivity index is 1.50. The molecule has 0 aliphatic heterocycles. The number of carboxylic acid groups (broad SMARTS) is 1. The van der Waals surface area contributed by atoms with Gasteiger partial charge in [0.1, 0.15) is 6.04 Å². The summed E-state index contributed by atoms with van der Waals surface area (Å²) in [7, 11) is 0. The lowest BCUT2D eigenvalue weighted by Crippen LogP contribution is -2.38. The lowest BCUT2D eigenvalue weighted by atomic mass is 10.0. The number of aryl methyl sites for hydroxylation is 1. The zero-order valence-corrected chi connectivity index (χ0v) is 17.9. The Kier molecular flexibility index (Phi) is 7.89. The summed E-state index contributed by atoms with van der Waals surface area (Å²) in [6.45, 7) is 2.35. The third-order valence-corrected chi connectivity index (χ3v) is 5.10. The number of aliphatic carboxylic acids is 1. The molecule has 0 unspecified atom stereocenters. The second-order valence-corrected chi connectivity index (χ2v) is 7.62. The molecule has 0 saturated heterocycles. The van der Waals surface area contributed by atoms with E-state index in [1.54, 1.807) is 12.1 Å². The highest BCUT2D eigenvalue weighted by molar-refractivity contribution is 6.04. The summed E-state index contributed by atoms with van der Waals surface area (Å²) in [5, 5.41) is 14.7. The van der Waals surface area contributed by atoms with Crippen LogP contribution < -0.4 is 10.6 Å². The number of carbonyl (C=O) groups is 3. The molecule has 6 heteroatoms. The summed E-state index contributed by atoms with van der Waals surface area (Å²) < 4.78 is 0. The van der Waals surface area contributed by atoms with Crippen LogP contribution in [0.2, 0.25) is 0 Å². The molecule has 3 aromatic carbocycles. The minimum atomic E-state index is -1.03. The van der Waals surface area contributed by atoms with Crippen LogP contribution >= 0.6 is 0 Å². The highest BCUT2D eigenvalue weighted by Crippen LogP contribution is 2.19. The summed E-state index contributed by atoms with van der Waals surface area (Å²) in [5.74, 6) is -2.05. The molecule has 2 amide bonds. The van der Waals surface area contributed by atoms with Crippen LogP contribution in [-0.4, -0.2) is 28.9 Å². The number of hydrogen-bond acceptors (Lipinski definition) is 4. The van der Waals surface area contributed by atoms with Gasteiger partial charge < -0.3 is 10.4 Å². The first-order valence-corrected chi connectivity index (χ1v) is 10.4. The minimum Gasteiger partial charge on any atom is -0.480 e.